The van der Waals surface area contributed by atoms with Crippen molar-refractivity contribution in [2.75, 3.05) is 13.1 Å². The molecule has 0 radical (unpaired) electrons. The Hall–Kier alpha value is -2.11. The van der Waals surface area contributed by atoms with Crippen LogP contribution in [-0.2, 0) is 4.79 Å². The van der Waals surface area contributed by atoms with Crippen molar-refractivity contribution in [2.24, 2.45) is 5.41 Å². The van der Waals surface area contributed by atoms with Gasteiger partial charge in [0, 0.05) is 25.4 Å². The van der Waals surface area contributed by atoms with Crippen LogP contribution in [0, 0.1) is 5.41 Å². The monoisotopic (exact) mass is 264 g/mol. The Balaban J connectivity index is 2.18. The van der Waals surface area contributed by atoms with Crippen LogP contribution in [0.1, 0.15) is 30.1 Å². The van der Waals surface area contributed by atoms with Crippen LogP contribution in [-0.4, -0.2) is 40.0 Å². The standard InChI is InChI=1S/C13H16N2O4/c1-13(12(18)19)5-2-6-15(8-13)11(17)9-3-4-10(16)14-7-9/h3-4,7H,2,5-6,8H2,1H3,(H,14,16)(H,18,19). The molecule has 102 valence electrons. The first-order chi connectivity index (χ1) is 8.92. The number of carbonyl (C=O) groups is 2. The van der Waals surface area contributed by atoms with E-state index in [0.29, 0.717) is 24.9 Å². The van der Waals surface area contributed by atoms with Crippen molar-refractivity contribution in [1.82, 2.24) is 9.88 Å². The molecule has 0 spiro atoms. The van der Waals surface area contributed by atoms with Crippen LogP contribution < -0.4 is 5.56 Å². The molecule has 0 bridgehead atoms. The molecule has 1 aliphatic rings. The molecule has 0 aromatic carbocycles. The summed E-state index contributed by atoms with van der Waals surface area (Å²) < 4.78 is 0. The molecule has 1 aromatic rings. The summed E-state index contributed by atoms with van der Waals surface area (Å²) in [5, 5.41) is 9.22. The number of rotatable bonds is 2. The zero-order chi connectivity index (χ0) is 14.0. The summed E-state index contributed by atoms with van der Waals surface area (Å²) in [5.41, 5.74) is -0.796. The Labute approximate surface area is 110 Å². The number of carboxylic acid groups (broad SMARTS) is 1. The Morgan fingerprint density at radius 2 is 2.16 bits per heavy atom. The van der Waals surface area contributed by atoms with Gasteiger partial charge in [0.15, 0.2) is 0 Å². The number of hydrogen-bond acceptors (Lipinski definition) is 3. The van der Waals surface area contributed by atoms with Gasteiger partial charge < -0.3 is 15.0 Å². The van der Waals surface area contributed by atoms with Crippen LogP contribution in [0.25, 0.3) is 0 Å². The Bertz CT molecular complexity index is 546. The fraction of sp³-hybridized carbons (Fsp3) is 0.462. The maximum absolute atomic E-state index is 12.2. The molecule has 0 aliphatic carbocycles. The number of likely N-dealkylation sites (tertiary alicyclic amines) is 1. The zero-order valence-electron chi connectivity index (χ0n) is 10.7. The molecule has 6 nitrogen and oxygen atoms in total. The van der Waals surface area contributed by atoms with Gasteiger partial charge in [-0.3, -0.25) is 14.4 Å². The highest BCUT2D eigenvalue weighted by Gasteiger charge is 2.39. The van der Waals surface area contributed by atoms with E-state index in [4.69, 9.17) is 0 Å². The van der Waals surface area contributed by atoms with Gasteiger partial charge in [0.25, 0.3) is 5.91 Å². The average molecular weight is 264 g/mol. The van der Waals surface area contributed by atoms with Gasteiger partial charge in [-0.15, -0.1) is 0 Å². The second kappa shape index (κ2) is 4.87. The summed E-state index contributed by atoms with van der Waals surface area (Å²) in [6, 6.07) is 2.74. The quantitative estimate of drug-likeness (QED) is 0.822. The van der Waals surface area contributed by atoms with Crippen LogP contribution in [0.4, 0.5) is 0 Å². The second-order valence-corrected chi connectivity index (χ2v) is 5.14. The highest BCUT2D eigenvalue weighted by Crippen LogP contribution is 2.30. The third-order valence-electron chi connectivity index (χ3n) is 3.53. The fourth-order valence-corrected chi connectivity index (χ4v) is 2.31. The number of aromatic amines is 1. The summed E-state index contributed by atoms with van der Waals surface area (Å²) >= 11 is 0. The van der Waals surface area contributed by atoms with Crippen LogP contribution >= 0.6 is 0 Å². The highest BCUT2D eigenvalue weighted by atomic mass is 16.4. The zero-order valence-corrected chi connectivity index (χ0v) is 10.7. The van der Waals surface area contributed by atoms with Crippen molar-refractivity contribution in [1.29, 1.82) is 0 Å². The molecular weight excluding hydrogens is 248 g/mol. The molecule has 19 heavy (non-hydrogen) atoms. The predicted octanol–water partition coefficient (Wildman–Crippen LogP) is 0.702. The van der Waals surface area contributed by atoms with Crippen molar-refractivity contribution >= 4 is 11.9 Å². The number of aromatic nitrogens is 1. The minimum atomic E-state index is -0.893. The van der Waals surface area contributed by atoms with Crippen molar-refractivity contribution in [2.45, 2.75) is 19.8 Å². The lowest BCUT2D eigenvalue weighted by atomic mass is 9.82. The smallest absolute Gasteiger partial charge is 0.311 e. The first-order valence-corrected chi connectivity index (χ1v) is 6.14. The van der Waals surface area contributed by atoms with E-state index in [0.717, 1.165) is 0 Å². The number of hydrogen-bond donors (Lipinski definition) is 2. The molecule has 0 saturated carbocycles. The van der Waals surface area contributed by atoms with Crippen molar-refractivity contribution in [3.8, 4) is 0 Å². The predicted molar refractivity (Wildman–Crippen MR) is 67.9 cm³/mol. The number of piperidine rings is 1. The van der Waals surface area contributed by atoms with Crippen molar-refractivity contribution in [3.05, 3.63) is 34.2 Å². The summed E-state index contributed by atoms with van der Waals surface area (Å²) in [5.74, 6) is -1.13. The molecule has 1 atom stereocenters. The van der Waals surface area contributed by atoms with E-state index in [1.807, 2.05) is 0 Å². The molecule has 6 heteroatoms. The lowest BCUT2D eigenvalue weighted by Gasteiger charge is -2.37. The molecule has 1 aliphatic heterocycles. The topological polar surface area (TPSA) is 90.5 Å². The first-order valence-electron chi connectivity index (χ1n) is 6.14. The number of H-pyrrole nitrogens is 1. The highest BCUT2D eigenvalue weighted by molar-refractivity contribution is 5.94. The van der Waals surface area contributed by atoms with Crippen molar-refractivity contribution < 1.29 is 14.7 Å². The average Bonchev–Trinajstić information content (AvgIpc) is 2.39. The Morgan fingerprint density at radius 3 is 2.74 bits per heavy atom. The molecule has 1 unspecified atom stereocenters. The van der Waals surface area contributed by atoms with Crippen LogP contribution in [0.15, 0.2) is 23.1 Å². The fourth-order valence-electron chi connectivity index (χ4n) is 2.31. The maximum atomic E-state index is 12.2. The molecule has 2 N–H and O–H groups in total. The van der Waals surface area contributed by atoms with E-state index in [-0.39, 0.29) is 18.0 Å². The van der Waals surface area contributed by atoms with Gasteiger partial charge in [0.1, 0.15) is 0 Å². The van der Waals surface area contributed by atoms with Gasteiger partial charge >= 0.3 is 5.97 Å². The van der Waals surface area contributed by atoms with Crippen LogP contribution in [0.2, 0.25) is 0 Å². The summed E-state index contributed by atoms with van der Waals surface area (Å²) in [4.78, 5) is 38.4. The number of aliphatic carboxylic acids is 1. The third-order valence-corrected chi connectivity index (χ3v) is 3.53. The molecular formula is C13H16N2O4. The van der Waals surface area contributed by atoms with Gasteiger partial charge in [0.2, 0.25) is 5.56 Å². The number of carbonyl (C=O) groups excluding carboxylic acids is 1. The summed E-state index contributed by atoms with van der Waals surface area (Å²) in [7, 11) is 0. The minimum absolute atomic E-state index is 0.195. The molecule has 1 fully saturated rings. The second-order valence-electron chi connectivity index (χ2n) is 5.14. The van der Waals surface area contributed by atoms with E-state index < -0.39 is 11.4 Å². The third kappa shape index (κ3) is 2.67. The molecule has 2 heterocycles. The van der Waals surface area contributed by atoms with Gasteiger partial charge in [-0.05, 0) is 25.8 Å². The van der Waals surface area contributed by atoms with Crippen LogP contribution in [0.3, 0.4) is 0 Å². The Kier molecular flexibility index (Phi) is 3.42. The van der Waals surface area contributed by atoms with E-state index in [1.165, 1.54) is 23.2 Å². The molecule has 2 rings (SSSR count). The van der Waals surface area contributed by atoms with E-state index in [9.17, 15) is 19.5 Å². The van der Waals surface area contributed by atoms with Gasteiger partial charge in [0.05, 0.1) is 11.0 Å². The SMILES string of the molecule is CC1(C(=O)O)CCCN(C(=O)c2ccc(=O)[nH]c2)C1. The largest absolute Gasteiger partial charge is 0.481 e. The number of carboxylic acids is 1. The van der Waals surface area contributed by atoms with Gasteiger partial charge in [-0.2, -0.15) is 0 Å². The van der Waals surface area contributed by atoms with Crippen molar-refractivity contribution in [3.63, 3.8) is 0 Å². The van der Waals surface area contributed by atoms with Gasteiger partial charge in [-0.25, -0.2) is 0 Å². The summed E-state index contributed by atoms with van der Waals surface area (Å²) in [6.45, 7) is 2.39. The number of nitrogens with one attached hydrogen (secondary N) is 1. The first kappa shape index (κ1) is 13.3. The van der Waals surface area contributed by atoms with Crippen LogP contribution in [0.5, 0.6) is 0 Å². The van der Waals surface area contributed by atoms with Gasteiger partial charge in [-0.1, -0.05) is 0 Å². The molecule has 1 amide bonds. The molecule has 1 saturated heterocycles. The Morgan fingerprint density at radius 1 is 1.42 bits per heavy atom. The van der Waals surface area contributed by atoms with E-state index in [1.54, 1.807) is 6.92 Å². The maximum Gasteiger partial charge on any atom is 0.311 e. The lowest BCUT2D eigenvalue weighted by molar-refractivity contribution is -0.150. The number of amides is 1. The van der Waals surface area contributed by atoms with E-state index >= 15 is 0 Å². The summed E-state index contributed by atoms with van der Waals surface area (Å²) in [6.07, 6.45) is 2.59. The minimum Gasteiger partial charge on any atom is -0.481 e. The van der Waals surface area contributed by atoms with E-state index in [2.05, 4.69) is 4.98 Å². The number of pyridine rings is 1. The number of nitrogens with zero attached hydrogens (tertiary/aromatic N) is 1. The normalized spacial score (nSPS) is 23.1. The molecule has 1 aromatic heterocycles. The lowest BCUT2D eigenvalue weighted by Crippen LogP contribution is -2.48.